The third-order valence-electron chi connectivity index (χ3n) is 7.66. The number of aliphatic hydroxyl groups excluding tert-OH is 4. The Morgan fingerprint density at radius 2 is 1.76 bits per heavy atom. The number of hydrogen-bond donors (Lipinski definition) is 8. The summed E-state index contributed by atoms with van der Waals surface area (Å²) in [4.78, 5) is 35.8. The van der Waals surface area contributed by atoms with E-state index in [1.165, 1.54) is 35.1 Å². The molecule has 0 spiro atoms. The molecule has 0 radical (unpaired) electrons. The van der Waals surface area contributed by atoms with Crippen molar-refractivity contribution < 1.29 is 48.7 Å². The van der Waals surface area contributed by atoms with E-state index in [1.54, 1.807) is 10.8 Å². The van der Waals surface area contributed by atoms with Crippen molar-refractivity contribution in [1.29, 1.82) is 0 Å². The average Bonchev–Trinajstić information content (AvgIpc) is 3.59. The minimum atomic E-state index is -1.91. The van der Waals surface area contributed by atoms with E-state index >= 15 is 0 Å². The molecule has 4 amide bonds. The van der Waals surface area contributed by atoms with Crippen molar-refractivity contribution in [1.82, 2.24) is 21.3 Å². The van der Waals surface area contributed by atoms with Gasteiger partial charge in [-0.25, -0.2) is 9.18 Å². The van der Waals surface area contributed by atoms with Crippen molar-refractivity contribution in [2.24, 2.45) is 0 Å². The Morgan fingerprint density at radius 3 is 2.47 bits per heavy atom. The van der Waals surface area contributed by atoms with E-state index in [1.807, 2.05) is 11.8 Å². The summed E-state index contributed by atoms with van der Waals surface area (Å²) in [6.07, 6.45) is -5.89. The Kier molecular flexibility index (Phi) is 14.2. The van der Waals surface area contributed by atoms with Crippen LogP contribution in [0.4, 0.5) is 9.18 Å². The molecule has 1 aromatic rings. The molecule has 13 nitrogen and oxygen atoms in total. The molecule has 3 aliphatic rings. The number of carbonyl (C=O) groups excluding carboxylic acids is 3. The number of amides is 4. The molecule has 45 heavy (non-hydrogen) atoms. The fraction of sp³-hybridized carbons (Fsp3) is 0.679. The van der Waals surface area contributed by atoms with Crippen LogP contribution in [-0.4, -0.2) is 123 Å². The van der Waals surface area contributed by atoms with Gasteiger partial charge in [-0.15, -0.1) is 0 Å². The fourth-order valence-electron chi connectivity index (χ4n) is 5.18. The van der Waals surface area contributed by atoms with Crippen LogP contribution in [0.2, 0.25) is 0 Å². The zero-order valence-corrected chi connectivity index (χ0v) is 27.0. The van der Waals surface area contributed by atoms with Gasteiger partial charge < -0.3 is 51.2 Å². The van der Waals surface area contributed by atoms with E-state index in [-0.39, 0.29) is 41.9 Å². The van der Waals surface area contributed by atoms with Crippen LogP contribution in [0.15, 0.2) is 24.3 Å². The van der Waals surface area contributed by atoms with Gasteiger partial charge in [-0.2, -0.15) is 11.8 Å². The molecule has 0 aromatic heterocycles. The molecule has 3 heterocycles. The summed E-state index contributed by atoms with van der Waals surface area (Å²) < 4.78 is 25.5. The number of rotatable bonds is 17. The van der Waals surface area contributed by atoms with Crippen LogP contribution in [0.25, 0.3) is 0 Å². The lowest BCUT2D eigenvalue weighted by molar-refractivity contribution is -0.277. The van der Waals surface area contributed by atoms with Gasteiger partial charge in [-0.05, 0) is 30.5 Å². The Morgan fingerprint density at radius 1 is 1.04 bits per heavy atom. The molecule has 0 aliphatic carbocycles. The first-order chi connectivity index (χ1) is 21.7. The number of alkyl halides is 1. The smallest absolute Gasteiger partial charge is 0.315 e. The number of hydrogen-bond acceptors (Lipinski definition) is 12. The lowest BCUT2D eigenvalue weighted by Crippen LogP contribution is -2.60. The number of urea groups is 1. The lowest BCUT2D eigenvalue weighted by Gasteiger charge is -2.39. The van der Waals surface area contributed by atoms with Crippen LogP contribution in [0.5, 0.6) is 5.75 Å². The Hall–Kier alpha value is -1.99. The summed E-state index contributed by atoms with van der Waals surface area (Å²) in [6.45, 7) is 0.205. The van der Waals surface area contributed by atoms with Gasteiger partial charge in [-0.3, -0.25) is 9.59 Å². The molecule has 252 valence electrons. The van der Waals surface area contributed by atoms with Gasteiger partial charge in [0.05, 0.1) is 18.7 Å². The van der Waals surface area contributed by atoms with E-state index in [9.17, 15) is 39.2 Å². The van der Waals surface area contributed by atoms with E-state index < -0.39 is 49.4 Å². The third kappa shape index (κ3) is 10.2. The van der Waals surface area contributed by atoms with Gasteiger partial charge >= 0.3 is 6.03 Å². The highest BCUT2D eigenvalue weighted by atomic mass is 33.1. The van der Waals surface area contributed by atoms with E-state index in [4.69, 9.17) is 9.47 Å². The summed E-state index contributed by atoms with van der Waals surface area (Å²) in [5.74, 6) is 1.58. The average molecular weight is 693 g/mol. The quantitative estimate of drug-likeness (QED) is 0.0629. The molecule has 17 heteroatoms. The first-order valence-electron chi connectivity index (χ1n) is 14.9. The van der Waals surface area contributed by atoms with Crippen LogP contribution in [0.3, 0.4) is 0 Å². The number of thioether (sulfide) groups is 1. The van der Waals surface area contributed by atoms with Crippen molar-refractivity contribution in [3.05, 3.63) is 29.8 Å². The molecule has 0 saturated carbocycles. The second kappa shape index (κ2) is 17.8. The maximum Gasteiger partial charge on any atom is 0.315 e. The van der Waals surface area contributed by atoms with E-state index in [2.05, 4.69) is 21.3 Å². The van der Waals surface area contributed by atoms with Crippen LogP contribution in [0.1, 0.15) is 37.4 Å². The van der Waals surface area contributed by atoms with Gasteiger partial charge in [0, 0.05) is 42.0 Å². The molecule has 1 unspecified atom stereocenters. The highest BCUT2D eigenvalue weighted by Gasteiger charge is 2.45. The molecular formula is C28H41FN4O9S3. The summed E-state index contributed by atoms with van der Waals surface area (Å²) in [5.41, 5.74) is 0.0945. The minimum Gasteiger partial charge on any atom is -0.462 e. The summed E-state index contributed by atoms with van der Waals surface area (Å²) in [6, 6.07) is 5.76. The zero-order valence-electron chi connectivity index (χ0n) is 24.5. The molecule has 3 saturated heterocycles. The topological polar surface area (TPSA) is 199 Å². The number of unbranched alkanes of at least 4 members (excludes halogenated alkanes) is 1. The van der Waals surface area contributed by atoms with Crippen LogP contribution < -0.4 is 26.0 Å². The van der Waals surface area contributed by atoms with Gasteiger partial charge in [0.15, 0.2) is 0 Å². The zero-order chi connectivity index (χ0) is 32.3. The Labute approximate surface area is 272 Å². The molecule has 8 N–H and O–H groups in total. The third-order valence-corrected chi connectivity index (χ3v) is 11.6. The number of nitrogens with one attached hydrogen (secondary N) is 4. The standard InChI is InChI=1S/C28H41FN4O9S3/c29-21(15-5-7-16(8-6-15)41-27-25(38)24(37)23(36)18(13-34)42-27)26(39)31-10-12-45-44-11-9-30-20(35)4-2-1-3-19-22-17(14-43-19)32-28(40)33-22/h5-8,17-19,21-25,27,34,36-38H,1-4,9-14H2,(H,30,35)(H,31,39)(H2,32,33,40)/t17-,18+,19-,21?,22-,23+,24-,25+,27-/m0/s1. The number of aliphatic hydroxyl groups is 4. The van der Waals surface area contributed by atoms with Gasteiger partial charge in [0.1, 0.15) is 30.2 Å². The molecular weight excluding hydrogens is 652 g/mol. The highest BCUT2D eigenvalue weighted by Crippen LogP contribution is 2.33. The van der Waals surface area contributed by atoms with Crippen LogP contribution in [-0.2, 0) is 14.3 Å². The molecule has 3 aliphatic heterocycles. The van der Waals surface area contributed by atoms with Crippen molar-refractivity contribution in [2.45, 2.75) is 79.9 Å². The van der Waals surface area contributed by atoms with Crippen molar-refractivity contribution in [3.63, 3.8) is 0 Å². The largest absolute Gasteiger partial charge is 0.462 e. The molecule has 0 bridgehead atoms. The number of benzene rings is 1. The maximum absolute atomic E-state index is 14.7. The number of ether oxygens (including phenoxy) is 2. The Bertz CT molecular complexity index is 1130. The first kappa shape index (κ1) is 35.9. The second-order valence-electron chi connectivity index (χ2n) is 10.9. The predicted octanol–water partition coefficient (Wildman–Crippen LogP) is 0.216. The van der Waals surface area contributed by atoms with Gasteiger partial charge in [-0.1, -0.05) is 40.1 Å². The second-order valence-corrected chi connectivity index (χ2v) is 14.9. The predicted molar refractivity (Wildman–Crippen MR) is 170 cm³/mol. The van der Waals surface area contributed by atoms with Crippen molar-refractivity contribution in [3.8, 4) is 5.75 Å². The number of fused-ring (bicyclic) bond motifs is 1. The van der Waals surface area contributed by atoms with Gasteiger partial charge in [0.2, 0.25) is 18.4 Å². The van der Waals surface area contributed by atoms with Crippen LogP contribution in [0, 0.1) is 0 Å². The highest BCUT2D eigenvalue weighted by molar-refractivity contribution is 8.76. The number of halogens is 1. The summed E-state index contributed by atoms with van der Waals surface area (Å²) in [5, 5.41) is 50.9. The van der Waals surface area contributed by atoms with Crippen molar-refractivity contribution >= 4 is 51.2 Å². The first-order valence-corrected chi connectivity index (χ1v) is 18.4. The maximum atomic E-state index is 14.7. The van der Waals surface area contributed by atoms with E-state index in [0.717, 1.165) is 25.0 Å². The molecule has 4 rings (SSSR count). The normalized spacial score (nSPS) is 29.8. The Balaban J connectivity index is 1.01. The van der Waals surface area contributed by atoms with Crippen LogP contribution >= 0.6 is 33.3 Å². The molecule has 3 fully saturated rings. The lowest BCUT2D eigenvalue weighted by atomic mass is 9.99. The monoisotopic (exact) mass is 692 g/mol. The molecule has 1 aromatic carbocycles. The summed E-state index contributed by atoms with van der Waals surface area (Å²) in [7, 11) is 3.06. The SMILES string of the molecule is O=C(CCCC[C@@H]1SC[C@@H]2NC(=O)N[C@@H]21)NCCSSCCNC(=O)C(F)c1ccc(O[C@H]2O[C@H](CO)[C@@H](O)[C@H](O)[C@H]2O)cc1. The van der Waals surface area contributed by atoms with Gasteiger partial charge in [0.25, 0.3) is 5.91 Å². The van der Waals surface area contributed by atoms with Crippen molar-refractivity contribution in [2.75, 3.05) is 37.0 Å². The summed E-state index contributed by atoms with van der Waals surface area (Å²) >= 11 is 1.87. The fourth-order valence-corrected chi connectivity index (χ4v) is 8.54. The number of carbonyl (C=O) groups is 3. The molecule has 9 atom stereocenters. The minimum absolute atomic E-state index is 0.0168. The van der Waals surface area contributed by atoms with E-state index in [0.29, 0.717) is 29.7 Å².